The van der Waals surface area contributed by atoms with Crippen LogP contribution in [0.15, 0.2) is 100 Å². The van der Waals surface area contributed by atoms with Gasteiger partial charge in [-0.05, 0) is 111 Å². The number of amides is 1. The summed E-state index contributed by atoms with van der Waals surface area (Å²) in [5.41, 5.74) is 4.19. The number of hydrogen-bond donors (Lipinski definition) is 2. The van der Waals surface area contributed by atoms with Crippen molar-refractivity contribution < 1.29 is 32.5 Å². The highest BCUT2D eigenvalue weighted by molar-refractivity contribution is 9.10. The zero-order valence-corrected chi connectivity index (χ0v) is 31.8. The maximum Gasteiger partial charge on any atom is 0.404 e. The number of carbonyl (C=O) groups is 1. The fourth-order valence-corrected chi connectivity index (χ4v) is 8.83. The maximum absolute atomic E-state index is 15.2. The standard InChI is InChI=1S/C38H39BrN6O7S/c1-50-30-14-4-25(5-15-30)22-44(23-26-6-16-31(51-2)17-7-26)53(48,49)36-34(39)21-20-33(28-10-12-29(13-11-28)40-38(46)47)35(36)37-41-43-45(42-37)24-27-8-18-32(52-3)19-9-27/h4-10,14-21,29,40H,11-13,22-24H2,1-3H3,(H,46,47). The fourth-order valence-electron chi connectivity index (χ4n) is 6.21. The van der Waals surface area contributed by atoms with Gasteiger partial charge in [-0.15, -0.1) is 10.2 Å². The van der Waals surface area contributed by atoms with E-state index in [0.29, 0.717) is 52.1 Å². The number of nitrogens with one attached hydrogen (secondary N) is 1. The van der Waals surface area contributed by atoms with Gasteiger partial charge in [0.15, 0.2) is 0 Å². The lowest BCUT2D eigenvalue weighted by molar-refractivity contribution is 0.189. The van der Waals surface area contributed by atoms with Gasteiger partial charge in [0.25, 0.3) is 0 Å². The molecular weight excluding hydrogens is 764 g/mol. The third kappa shape index (κ3) is 8.87. The summed E-state index contributed by atoms with van der Waals surface area (Å²) in [5.74, 6) is 2.15. The predicted molar refractivity (Wildman–Crippen MR) is 202 cm³/mol. The molecule has 2 N–H and O–H groups in total. The van der Waals surface area contributed by atoms with E-state index in [1.165, 1.54) is 9.10 Å². The first-order valence-corrected chi connectivity index (χ1v) is 19.0. The van der Waals surface area contributed by atoms with Crippen LogP contribution in [0.1, 0.15) is 41.5 Å². The molecule has 0 saturated carbocycles. The molecule has 1 amide bonds. The Kier molecular flexibility index (Phi) is 11.8. The number of halogens is 1. The van der Waals surface area contributed by atoms with Gasteiger partial charge in [-0.3, -0.25) is 0 Å². The van der Waals surface area contributed by atoms with Crippen molar-refractivity contribution >= 4 is 37.6 Å². The van der Waals surface area contributed by atoms with Gasteiger partial charge < -0.3 is 24.6 Å². The molecule has 276 valence electrons. The number of hydrogen-bond acceptors (Lipinski definition) is 9. The Balaban J connectivity index is 1.47. The summed E-state index contributed by atoms with van der Waals surface area (Å²) in [4.78, 5) is 12.8. The molecule has 13 nitrogen and oxygen atoms in total. The highest BCUT2D eigenvalue weighted by Gasteiger charge is 2.34. The minimum absolute atomic E-state index is 0.00675. The molecule has 1 atom stereocenters. The molecule has 1 aliphatic carbocycles. The number of nitrogens with zero attached hydrogens (tertiary/aromatic N) is 5. The van der Waals surface area contributed by atoms with Crippen molar-refractivity contribution in [3.8, 4) is 28.6 Å². The number of methoxy groups -OCH3 is 3. The number of benzene rings is 4. The molecule has 0 radical (unpaired) electrons. The number of carboxylic acid groups (broad SMARTS) is 1. The highest BCUT2D eigenvalue weighted by atomic mass is 79.9. The average Bonchev–Trinajstić information content (AvgIpc) is 3.63. The molecule has 6 rings (SSSR count). The molecule has 1 heterocycles. The first kappa shape index (κ1) is 37.5. The second-order valence-electron chi connectivity index (χ2n) is 12.4. The van der Waals surface area contributed by atoms with Gasteiger partial charge in [0.2, 0.25) is 15.8 Å². The molecular formula is C38H39BrN6O7S. The van der Waals surface area contributed by atoms with Gasteiger partial charge in [-0.25, -0.2) is 13.2 Å². The molecule has 0 aliphatic heterocycles. The SMILES string of the molecule is COc1ccc(CN(Cc2ccc(OC)cc2)S(=O)(=O)c2c(Br)ccc(C3=CCC(NC(=O)O)CC3)c2-c2nnn(Cc3ccc(OC)cc3)n2)cc1. The lowest BCUT2D eigenvalue weighted by Gasteiger charge is -2.27. The van der Waals surface area contributed by atoms with Crippen molar-refractivity contribution in [1.82, 2.24) is 29.8 Å². The molecule has 0 saturated heterocycles. The second-order valence-corrected chi connectivity index (χ2v) is 15.1. The monoisotopic (exact) mass is 802 g/mol. The van der Waals surface area contributed by atoms with Crippen LogP contribution in [0, 0.1) is 0 Å². The van der Waals surface area contributed by atoms with Crippen molar-refractivity contribution in [2.45, 2.75) is 49.8 Å². The predicted octanol–water partition coefficient (Wildman–Crippen LogP) is 6.77. The Hall–Kier alpha value is -5.25. The molecule has 15 heteroatoms. The molecule has 4 aromatic carbocycles. The fraction of sp³-hybridized carbons (Fsp3) is 0.263. The third-order valence-corrected chi connectivity index (χ3v) is 11.8. The van der Waals surface area contributed by atoms with E-state index in [4.69, 9.17) is 19.3 Å². The van der Waals surface area contributed by atoms with Crippen LogP contribution in [0.3, 0.4) is 0 Å². The molecule has 1 aromatic heterocycles. The van der Waals surface area contributed by atoms with Crippen LogP contribution in [0.25, 0.3) is 17.0 Å². The molecule has 5 aromatic rings. The lowest BCUT2D eigenvalue weighted by Crippen LogP contribution is -2.34. The van der Waals surface area contributed by atoms with Crippen molar-refractivity contribution in [2.75, 3.05) is 21.3 Å². The van der Waals surface area contributed by atoms with E-state index in [1.807, 2.05) is 60.7 Å². The average molecular weight is 804 g/mol. The summed E-state index contributed by atoms with van der Waals surface area (Å²) < 4.78 is 48.2. The number of allylic oxidation sites excluding steroid dienone is 1. The third-order valence-electron chi connectivity index (χ3n) is 8.99. The van der Waals surface area contributed by atoms with E-state index in [9.17, 15) is 9.90 Å². The van der Waals surface area contributed by atoms with Gasteiger partial charge in [-0.1, -0.05) is 48.5 Å². The largest absolute Gasteiger partial charge is 0.497 e. The molecule has 1 unspecified atom stereocenters. The number of aromatic nitrogens is 4. The van der Waals surface area contributed by atoms with Crippen LogP contribution in [0.4, 0.5) is 4.79 Å². The zero-order valence-electron chi connectivity index (χ0n) is 29.4. The minimum Gasteiger partial charge on any atom is -0.497 e. The summed E-state index contributed by atoms with van der Waals surface area (Å²) in [7, 11) is 0.444. The number of ether oxygens (including phenoxy) is 3. The summed E-state index contributed by atoms with van der Waals surface area (Å²) in [6, 6.07) is 25.3. The molecule has 1 aliphatic rings. The summed E-state index contributed by atoms with van der Waals surface area (Å²) in [6.45, 7) is 0.392. The smallest absolute Gasteiger partial charge is 0.404 e. The summed E-state index contributed by atoms with van der Waals surface area (Å²) >= 11 is 3.60. The lowest BCUT2D eigenvalue weighted by atomic mass is 9.88. The number of rotatable bonds is 14. The van der Waals surface area contributed by atoms with Crippen LogP contribution in [0.5, 0.6) is 17.2 Å². The maximum atomic E-state index is 15.2. The molecule has 53 heavy (non-hydrogen) atoms. The van der Waals surface area contributed by atoms with E-state index in [0.717, 1.165) is 22.3 Å². The van der Waals surface area contributed by atoms with Crippen LogP contribution in [0.2, 0.25) is 0 Å². The van der Waals surface area contributed by atoms with Crippen LogP contribution in [-0.2, 0) is 29.7 Å². The highest BCUT2D eigenvalue weighted by Crippen LogP contribution is 2.42. The first-order chi connectivity index (χ1) is 25.6. The molecule has 0 bridgehead atoms. The molecule has 0 fully saturated rings. The number of sulfonamides is 1. The molecule has 0 spiro atoms. The Morgan fingerprint density at radius 1 is 0.868 bits per heavy atom. The van der Waals surface area contributed by atoms with E-state index in [-0.39, 0.29) is 36.4 Å². The summed E-state index contributed by atoms with van der Waals surface area (Å²) in [5, 5.41) is 25.3. The van der Waals surface area contributed by atoms with E-state index in [2.05, 4.69) is 31.6 Å². The Morgan fingerprint density at radius 3 is 1.91 bits per heavy atom. The van der Waals surface area contributed by atoms with Gasteiger partial charge in [-0.2, -0.15) is 9.10 Å². The van der Waals surface area contributed by atoms with Crippen molar-refractivity contribution in [3.05, 3.63) is 118 Å². The van der Waals surface area contributed by atoms with Crippen molar-refractivity contribution in [1.29, 1.82) is 0 Å². The second kappa shape index (κ2) is 16.6. The van der Waals surface area contributed by atoms with E-state index < -0.39 is 16.1 Å². The van der Waals surface area contributed by atoms with E-state index >= 15 is 8.42 Å². The van der Waals surface area contributed by atoms with Gasteiger partial charge in [0.05, 0.1) is 33.4 Å². The Morgan fingerprint density at radius 2 is 1.42 bits per heavy atom. The normalized spacial score (nSPS) is 14.4. The Bertz CT molecular complexity index is 2140. The van der Waals surface area contributed by atoms with Crippen LogP contribution >= 0.6 is 15.9 Å². The zero-order chi connectivity index (χ0) is 37.5. The van der Waals surface area contributed by atoms with Crippen LogP contribution < -0.4 is 19.5 Å². The summed E-state index contributed by atoms with van der Waals surface area (Å²) in [6.07, 6.45) is 2.34. The van der Waals surface area contributed by atoms with E-state index in [1.54, 1.807) is 51.7 Å². The van der Waals surface area contributed by atoms with Gasteiger partial charge in [0.1, 0.15) is 22.1 Å². The Labute approximate surface area is 316 Å². The number of tetrazole rings is 1. The van der Waals surface area contributed by atoms with Crippen LogP contribution in [-0.4, -0.2) is 71.5 Å². The van der Waals surface area contributed by atoms with Crippen molar-refractivity contribution in [3.63, 3.8) is 0 Å². The first-order valence-electron chi connectivity index (χ1n) is 16.8. The topological polar surface area (TPSA) is 158 Å². The van der Waals surface area contributed by atoms with Crippen molar-refractivity contribution in [2.24, 2.45) is 0 Å². The quantitative estimate of drug-likeness (QED) is 0.123. The van der Waals surface area contributed by atoms with Gasteiger partial charge in [0, 0.05) is 23.6 Å². The minimum atomic E-state index is -4.31. The van der Waals surface area contributed by atoms with Gasteiger partial charge >= 0.3 is 6.09 Å².